The van der Waals surface area contributed by atoms with E-state index in [4.69, 9.17) is 9.72 Å². The number of thiazole rings is 1. The van der Waals surface area contributed by atoms with E-state index < -0.39 is 0 Å². The molecule has 3 heterocycles. The van der Waals surface area contributed by atoms with Crippen LogP contribution in [-0.4, -0.2) is 30.3 Å². The van der Waals surface area contributed by atoms with Crippen LogP contribution in [0.25, 0.3) is 10.2 Å². The lowest BCUT2D eigenvalue weighted by molar-refractivity contribution is 0.0906. The normalized spacial score (nSPS) is 25.2. The second-order valence-corrected chi connectivity index (χ2v) is 8.35. The van der Waals surface area contributed by atoms with Gasteiger partial charge < -0.3 is 9.64 Å². The predicted octanol–water partition coefficient (Wildman–Crippen LogP) is 4.10. The van der Waals surface area contributed by atoms with E-state index in [1.807, 2.05) is 26.8 Å². The topological polar surface area (TPSA) is 25.4 Å². The number of morpholine rings is 1. The molecule has 118 valence electrons. The maximum atomic E-state index is 14.4. The number of ether oxygens (including phenoxy) is 1. The number of hydrogen-bond donors (Lipinski definition) is 0. The predicted molar refractivity (Wildman–Crippen MR) is 88.4 cm³/mol. The smallest absolute Gasteiger partial charge is 0.187 e. The highest BCUT2D eigenvalue weighted by Gasteiger charge is 2.39. The lowest BCUT2D eigenvalue weighted by atomic mass is 9.86. The largest absolute Gasteiger partial charge is 0.377 e. The molecule has 22 heavy (non-hydrogen) atoms. The number of halogens is 1. The van der Waals surface area contributed by atoms with E-state index in [9.17, 15) is 4.39 Å². The van der Waals surface area contributed by atoms with E-state index in [0.717, 1.165) is 34.1 Å². The lowest BCUT2D eigenvalue weighted by Crippen LogP contribution is -2.45. The summed E-state index contributed by atoms with van der Waals surface area (Å²) in [6, 6.07) is 4.31. The van der Waals surface area contributed by atoms with Crippen LogP contribution in [0.1, 0.15) is 39.2 Å². The van der Waals surface area contributed by atoms with Crippen LogP contribution in [0.4, 0.5) is 9.52 Å². The van der Waals surface area contributed by atoms with Crippen molar-refractivity contribution in [3.63, 3.8) is 0 Å². The Hall–Kier alpha value is -1.20. The van der Waals surface area contributed by atoms with Gasteiger partial charge in [-0.15, -0.1) is 0 Å². The first-order chi connectivity index (χ1) is 10.4. The van der Waals surface area contributed by atoms with Crippen molar-refractivity contribution in [2.75, 3.05) is 18.1 Å². The molecule has 0 aliphatic carbocycles. The zero-order valence-corrected chi connectivity index (χ0v) is 14.0. The van der Waals surface area contributed by atoms with E-state index in [2.05, 4.69) is 4.90 Å². The first-order valence-corrected chi connectivity index (χ1v) is 8.72. The Bertz CT molecular complexity index is 705. The quantitative estimate of drug-likeness (QED) is 0.791. The zero-order chi connectivity index (χ0) is 15.5. The van der Waals surface area contributed by atoms with Crippen molar-refractivity contribution in [1.29, 1.82) is 0 Å². The van der Waals surface area contributed by atoms with E-state index in [1.54, 1.807) is 17.4 Å². The molecule has 2 aliphatic heterocycles. The number of nitrogens with zero attached hydrogens (tertiary/aromatic N) is 2. The average Bonchev–Trinajstić information content (AvgIpc) is 2.95. The van der Waals surface area contributed by atoms with E-state index in [-0.39, 0.29) is 11.2 Å². The number of anilines is 1. The number of fused-ring (bicyclic) bond motifs is 3. The van der Waals surface area contributed by atoms with Crippen molar-refractivity contribution in [2.45, 2.75) is 51.1 Å². The van der Waals surface area contributed by atoms with Crippen molar-refractivity contribution in [2.24, 2.45) is 0 Å². The standard InChI is InChI=1S/C17H21FN2OS/c1-17(2,3)14-12(18)6-7-13-15(14)19-16(22-13)20-10-4-5-11(20)9-21-8-10/h6-7,10-11H,4-5,8-9H2,1-3H3/t10-,11+. The van der Waals surface area contributed by atoms with Gasteiger partial charge in [0.2, 0.25) is 0 Å². The monoisotopic (exact) mass is 320 g/mol. The van der Waals surface area contributed by atoms with Gasteiger partial charge in [-0.25, -0.2) is 9.37 Å². The van der Waals surface area contributed by atoms with E-state index in [1.165, 1.54) is 12.8 Å². The second-order valence-electron chi connectivity index (χ2n) is 7.35. The summed E-state index contributed by atoms with van der Waals surface area (Å²) in [5.41, 5.74) is 1.31. The lowest BCUT2D eigenvalue weighted by Gasteiger charge is -2.34. The summed E-state index contributed by atoms with van der Waals surface area (Å²) in [6.45, 7) is 7.70. The summed E-state index contributed by atoms with van der Waals surface area (Å²) in [7, 11) is 0. The molecule has 2 fully saturated rings. The Morgan fingerprint density at radius 3 is 2.55 bits per heavy atom. The van der Waals surface area contributed by atoms with E-state index >= 15 is 0 Å². The molecule has 0 saturated carbocycles. The summed E-state index contributed by atoms with van der Waals surface area (Å²) < 4.78 is 21.1. The molecule has 0 unspecified atom stereocenters. The summed E-state index contributed by atoms with van der Waals surface area (Å²) in [6.07, 6.45) is 2.34. The van der Waals surface area contributed by atoms with Gasteiger partial charge in [0.15, 0.2) is 5.13 Å². The summed E-state index contributed by atoms with van der Waals surface area (Å²) >= 11 is 1.68. The van der Waals surface area contributed by atoms with Crippen molar-refractivity contribution in [1.82, 2.24) is 4.98 Å². The van der Waals surface area contributed by atoms with Crippen LogP contribution >= 0.6 is 11.3 Å². The molecule has 2 aliphatic rings. The maximum Gasteiger partial charge on any atom is 0.187 e. The van der Waals surface area contributed by atoms with Crippen LogP contribution in [0.3, 0.4) is 0 Å². The van der Waals surface area contributed by atoms with Gasteiger partial charge >= 0.3 is 0 Å². The molecule has 4 rings (SSSR count). The molecule has 5 heteroatoms. The first-order valence-electron chi connectivity index (χ1n) is 7.91. The Balaban J connectivity index is 1.85. The number of rotatable bonds is 1. The Morgan fingerprint density at radius 1 is 1.23 bits per heavy atom. The van der Waals surface area contributed by atoms with Crippen LogP contribution in [0.15, 0.2) is 12.1 Å². The summed E-state index contributed by atoms with van der Waals surface area (Å²) in [5.74, 6) is -0.151. The van der Waals surface area contributed by atoms with Crippen molar-refractivity contribution in [3.05, 3.63) is 23.5 Å². The second kappa shape index (κ2) is 4.90. The Morgan fingerprint density at radius 2 is 1.91 bits per heavy atom. The molecule has 1 aromatic heterocycles. The number of benzene rings is 1. The molecule has 0 spiro atoms. The minimum atomic E-state index is -0.251. The zero-order valence-electron chi connectivity index (χ0n) is 13.2. The fraction of sp³-hybridized carbons (Fsp3) is 0.588. The Labute approximate surface area is 134 Å². The van der Waals surface area contributed by atoms with Crippen LogP contribution in [-0.2, 0) is 10.2 Å². The van der Waals surface area contributed by atoms with Gasteiger partial charge in [-0.2, -0.15) is 0 Å². The molecule has 2 bridgehead atoms. The summed E-state index contributed by atoms with van der Waals surface area (Å²) in [5, 5.41) is 1.03. The third kappa shape index (κ3) is 2.14. The minimum Gasteiger partial charge on any atom is -0.377 e. The molecule has 0 radical (unpaired) electrons. The van der Waals surface area contributed by atoms with Crippen molar-refractivity contribution < 1.29 is 9.13 Å². The van der Waals surface area contributed by atoms with Gasteiger partial charge in [0.1, 0.15) is 5.82 Å². The van der Waals surface area contributed by atoms with Crippen LogP contribution in [0, 0.1) is 5.82 Å². The summed E-state index contributed by atoms with van der Waals surface area (Å²) in [4.78, 5) is 7.27. The highest BCUT2D eigenvalue weighted by molar-refractivity contribution is 7.22. The first kappa shape index (κ1) is 14.4. The number of hydrogen-bond acceptors (Lipinski definition) is 4. The highest BCUT2D eigenvalue weighted by atomic mass is 32.1. The third-order valence-electron chi connectivity index (χ3n) is 4.71. The molecule has 0 N–H and O–H groups in total. The minimum absolute atomic E-state index is 0.151. The molecular weight excluding hydrogens is 299 g/mol. The van der Waals surface area contributed by atoms with Gasteiger partial charge in [-0.05, 0) is 30.4 Å². The molecule has 2 aromatic rings. The highest BCUT2D eigenvalue weighted by Crippen LogP contribution is 2.41. The van der Waals surface area contributed by atoms with Gasteiger partial charge in [0.25, 0.3) is 0 Å². The molecule has 2 atom stereocenters. The van der Waals surface area contributed by atoms with Crippen LogP contribution < -0.4 is 4.90 Å². The van der Waals surface area contributed by atoms with Gasteiger partial charge in [0, 0.05) is 5.56 Å². The molecular formula is C17H21FN2OS. The average molecular weight is 320 g/mol. The van der Waals surface area contributed by atoms with Gasteiger partial charge in [-0.1, -0.05) is 32.1 Å². The third-order valence-corrected chi connectivity index (χ3v) is 5.74. The SMILES string of the molecule is CC(C)(C)c1c(F)ccc2sc(N3[C@@H]4CC[C@H]3COC4)nc12. The Kier molecular flexibility index (Phi) is 3.20. The van der Waals surface area contributed by atoms with Crippen LogP contribution in [0.2, 0.25) is 0 Å². The van der Waals surface area contributed by atoms with E-state index in [0.29, 0.717) is 12.1 Å². The molecule has 0 amide bonds. The number of aromatic nitrogens is 1. The van der Waals surface area contributed by atoms with Gasteiger partial charge in [0.05, 0.1) is 35.5 Å². The van der Waals surface area contributed by atoms with Gasteiger partial charge in [-0.3, -0.25) is 0 Å². The van der Waals surface area contributed by atoms with Crippen molar-refractivity contribution >= 4 is 26.7 Å². The molecule has 1 aromatic carbocycles. The van der Waals surface area contributed by atoms with Crippen molar-refractivity contribution in [3.8, 4) is 0 Å². The molecule has 2 saturated heterocycles. The fourth-order valence-corrected chi connectivity index (χ4v) is 4.84. The maximum absolute atomic E-state index is 14.4. The fourth-order valence-electron chi connectivity index (χ4n) is 3.72. The molecule has 3 nitrogen and oxygen atoms in total. The van der Waals surface area contributed by atoms with Crippen LogP contribution in [0.5, 0.6) is 0 Å².